The Bertz CT molecular complexity index is 2190. The van der Waals surface area contributed by atoms with Crippen LogP contribution in [-0.4, -0.2) is 143 Å². The molecule has 74 heavy (non-hydrogen) atoms. The van der Waals surface area contributed by atoms with Crippen LogP contribution < -0.4 is 71.6 Å². The number of rotatable bonds is 36. The average molecular weight is 1050 g/mol. The third-order valence-corrected chi connectivity index (χ3v) is 11.2. The molecular weight excluding hydrogens is 971 g/mol. The van der Waals surface area contributed by atoms with Crippen molar-refractivity contribution >= 4 is 77.0 Å². The van der Waals surface area contributed by atoms with Crippen LogP contribution in [0.4, 0.5) is 0 Å². The van der Waals surface area contributed by atoms with E-state index in [1.165, 1.54) is 0 Å². The third-order valence-electron chi connectivity index (χ3n) is 11.2. The summed E-state index contributed by atoms with van der Waals surface area (Å²) in [5.74, 6) is -10.8. The van der Waals surface area contributed by atoms with Crippen molar-refractivity contribution in [1.82, 2.24) is 37.2 Å². The smallest absolute Gasteiger partial charge is 0.303 e. The number of amides is 9. The maximum Gasteiger partial charge on any atom is 0.303 e. The van der Waals surface area contributed by atoms with Gasteiger partial charge in [-0.25, -0.2) is 0 Å². The predicted molar refractivity (Wildman–Crippen MR) is 270 cm³/mol. The van der Waals surface area contributed by atoms with E-state index in [0.717, 1.165) is 29.2 Å². The molecule has 28 heteroatoms. The molecule has 21 N–H and O–H groups in total. The lowest BCUT2D eigenvalue weighted by molar-refractivity contribution is -0.139. The third kappa shape index (κ3) is 26.9. The van der Waals surface area contributed by atoms with Gasteiger partial charge in [0.15, 0.2) is 11.9 Å². The number of carbonyl (C=O) groups excluding carboxylic acids is 9. The Balaban J connectivity index is 3.67. The topological polar surface area (TPSA) is 493 Å². The number of carboxylic acids is 2. The number of nitrogens with zero attached hydrogens (tertiary/aromatic N) is 2. The van der Waals surface area contributed by atoms with Crippen molar-refractivity contribution < 1.29 is 63.0 Å². The van der Waals surface area contributed by atoms with E-state index >= 15 is 0 Å². The first kappa shape index (κ1) is 63.9. The summed E-state index contributed by atoms with van der Waals surface area (Å²) in [5.41, 5.74) is 36.1. The van der Waals surface area contributed by atoms with Crippen molar-refractivity contribution in [1.29, 1.82) is 0 Å². The van der Waals surface area contributed by atoms with Crippen LogP contribution in [0.3, 0.4) is 0 Å². The fourth-order valence-corrected chi connectivity index (χ4v) is 7.52. The Kier molecular flexibility index (Phi) is 29.0. The zero-order chi connectivity index (χ0) is 56.1. The quantitative estimate of drug-likeness (QED) is 0.0173. The van der Waals surface area contributed by atoms with E-state index in [2.05, 4.69) is 47.2 Å². The van der Waals surface area contributed by atoms with Crippen molar-refractivity contribution in [3.8, 4) is 0 Å². The number of carbonyl (C=O) groups is 11. The Morgan fingerprint density at radius 2 is 0.892 bits per heavy atom. The van der Waals surface area contributed by atoms with Gasteiger partial charge < -0.3 is 81.8 Å². The number of guanidine groups is 2. The number of aliphatic imine (C=N–C) groups is 2. The van der Waals surface area contributed by atoms with Gasteiger partial charge in [0.25, 0.3) is 0 Å². The standard InChI is InChI=1S/C46H75N15O13/c1-24-22-25(2)28(26(3)23-24)11-12-32(59-44(74)34(15-18-38(67)68)61-41(71)31(56-27(4)62)14-17-36(64)53-19-7-10-37(65)66)42(72)60-33(13-16-35(47)63)43(73)58-30(9-6-21-55-46(51)52)40(70)57-29(39(48)69)8-5-20-54-45(49)50/h22-23,29-34H,5-21H2,1-4H3,(H2,47,63)(H2,48,69)(H,53,64)(H,56,62)(H,57,70)(H,58,73)(H,59,74)(H,60,72)(H,61,71)(H,65,66)(H,67,68)(H4,49,50,54)(H4,51,52,55). The predicted octanol–water partition coefficient (Wildman–Crippen LogP) is -4.04. The highest BCUT2D eigenvalue weighted by molar-refractivity contribution is 5.97. The first-order valence-electron chi connectivity index (χ1n) is 23.9. The minimum atomic E-state index is -1.65. The summed E-state index contributed by atoms with van der Waals surface area (Å²) in [6, 6.07) is -5.02. The summed E-state index contributed by atoms with van der Waals surface area (Å²) in [6.45, 7) is 6.83. The van der Waals surface area contributed by atoms with E-state index in [4.69, 9.17) is 39.5 Å². The Hall–Kier alpha value is -8.07. The van der Waals surface area contributed by atoms with Crippen molar-refractivity contribution in [2.75, 3.05) is 19.6 Å². The van der Waals surface area contributed by atoms with Gasteiger partial charge in [-0.05, 0) is 102 Å². The number of primary amides is 2. The molecule has 0 radical (unpaired) electrons. The summed E-state index contributed by atoms with van der Waals surface area (Å²) < 4.78 is 0. The molecule has 9 amide bonds. The lowest BCUT2D eigenvalue weighted by atomic mass is 9.94. The van der Waals surface area contributed by atoms with Crippen molar-refractivity contribution in [3.63, 3.8) is 0 Å². The van der Waals surface area contributed by atoms with Crippen LogP contribution >= 0.6 is 0 Å². The van der Waals surface area contributed by atoms with Crippen molar-refractivity contribution in [2.24, 2.45) is 44.4 Å². The molecular formula is C46H75N15O13. The van der Waals surface area contributed by atoms with Crippen LogP contribution in [0.2, 0.25) is 0 Å². The molecule has 0 fully saturated rings. The first-order chi connectivity index (χ1) is 34.7. The molecule has 0 spiro atoms. The van der Waals surface area contributed by atoms with Crippen molar-refractivity contribution in [3.05, 3.63) is 34.4 Å². The van der Waals surface area contributed by atoms with E-state index in [1.807, 2.05) is 32.9 Å². The summed E-state index contributed by atoms with van der Waals surface area (Å²) in [4.78, 5) is 150. The van der Waals surface area contributed by atoms with Gasteiger partial charge in [0.05, 0.1) is 0 Å². The van der Waals surface area contributed by atoms with E-state index in [-0.39, 0.29) is 95.8 Å². The minimum Gasteiger partial charge on any atom is -0.481 e. The fourth-order valence-electron chi connectivity index (χ4n) is 7.52. The summed E-state index contributed by atoms with van der Waals surface area (Å²) in [7, 11) is 0. The number of aliphatic carboxylic acids is 2. The second-order valence-corrected chi connectivity index (χ2v) is 17.6. The molecule has 1 aromatic rings. The van der Waals surface area contributed by atoms with Gasteiger partial charge in [-0.3, -0.25) is 62.7 Å². The molecule has 1 aromatic carbocycles. The highest BCUT2D eigenvalue weighted by atomic mass is 16.4. The van der Waals surface area contributed by atoms with Crippen LogP contribution in [0.15, 0.2) is 22.1 Å². The van der Waals surface area contributed by atoms with Crippen LogP contribution in [0, 0.1) is 20.8 Å². The normalized spacial score (nSPS) is 13.1. The Morgan fingerprint density at radius 1 is 0.500 bits per heavy atom. The van der Waals surface area contributed by atoms with E-state index < -0.39 is 127 Å². The summed E-state index contributed by atoms with van der Waals surface area (Å²) >= 11 is 0. The molecule has 412 valence electrons. The number of nitrogens with two attached hydrogens (primary N) is 6. The molecule has 0 aliphatic carbocycles. The lowest BCUT2D eigenvalue weighted by Crippen LogP contribution is -2.59. The van der Waals surface area contributed by atoms with Crippen molar-refractivity contribution in [2.45, 2.75) is 154 Å². The van der Waals surface area contributed by atoms with Gasteiger partial charge in [-0.15, -0.1) is 0 Å². The van der Waals surface area contributed by atoms with Crippen LogP contribution in [0.1, 0.15) is 113 Å². The second kappa shape index (κ2) is 33.6. The summed E-state index contributed by atoms with van der Waals surface area (Å²) in [6.07, 6.45) is -2.48. The number of hydrogen-bond acceptors (Lipinski definition) is 13. The SMILES string of the molecule is CC(=O)NC(CCC(=O)NCCCC(=O)O)C(=O)NC(CCC(=O)O)C(=O)NC(CCc1c(C)cc(C)cc1C)C(=O)NC(CCC(N)=O)C(=O)NC(CCCN=C(N)N)C(=O)NC(CCCN=C(N)N)C(N)=O. The number of aryl methyl sites for hydroxylation is 3. The van der Waals surface area contributed by atoms with Gasteiger partial charge in [-0.1, -0.05) is 17.7 Å². The van der Waals surface area contributed by atoms with Crippen LogP contribution in [-0.2, 0) is 59.2 Å². The van der Waals surface area contributed by atoms with Gasteiger partial charge in [-0.2, -0.15) is 0 Å². The van der Waals surface area contributed by atoms with Gasteiger partial charge >= 0.3 is 11.9 Å². The monoisotopic (exact) mass is 1050 g/mol. The fraction of sp³-hybridized carbons (Fsp3) is 0.587. The van der Waals surface area contributed by atoms with Crippen LogP contribution in [0.25, 0.3) is 0 Å². The molecule has 6 unspecified atom stereocenters. The highest BCUT2D eigenvalue weighted by Crippen LogP contribution is 2.19. The number of hydrogen-bond donors (Lipinski definition) is 15. The zero-order valence-electron chi connectivity index (χ0n) is 42.4. The molecule has 0 aliphatic rings. The molecule has 0 saturated carbocycles. The Morgan fingerprint density at radius 3 is 1.31 bits per heavy atom. The van der Waals surface area contributed by atoms with Gasteiger partial charge in [0.1, 0.15) is 36.3 Å². The Labute approximate surface area is 428 Å². The molecule has 1 rings (SSSR count). The first-order valence-corrected chi connectivity index (χ1v) is 23.9. The van der Waals surface area contributed by atoms with Gasteiger partial charge in [0, 0.05) is 52.2 Å². The van der Waals surface area contributed by atoms with E-state index in [9.17, 15) is 57.8 Å². The largest absolute Gasteiger partial charge is 0.481 e. The molecule has 0 bridgehead atoms. The molecule has 0 aromatic heterocycles. The maximum atomic E-state index is 14.5. The van der Waals surface area contributed by atoms with E-state index in [1.54, 1.807) is 0 Å². The molecule has 0 aliphatic heterocycles. The lowest BCUT2D eigenvalue weighted by Gasteiger charge is -2.28. The van der Waals surface area contributed by atoms with E-state index in [0.29, 0.717) is 0 Å². The number of nitrogens with one attached hydrogen (secondary N) is 7. The average Bonchev–Trinajstić information content (AvgIpc) is 3.29. The molecule has 0 saturated heterocycles. The second-order valence-electron chi connectivity index (χ2n) is 17.6. The van der Waals surface area contributed by atoms with Crippen LogP contribution in [0.5, 0.6) is 0 Å². The maximum absolute atomic E-state index is 14.5. The minimum absolute atomic E-state index is 0.00678. The number of carboxylic acid groups (broad SMARTS) is 2. The van der Waals surface area contributed by atoms with Gasteiger partial charge in [0.2, 0.25) is 53.2 Å². The summed E-state index contributed by atoms with van der Waals surface area (Å²) in [5, 5.41) is 35.9. The zero-order valence-corrected chi connectivity index (χ0v) is 42.4. The number of benzene rings is 1. The highest BCUT2D eigenvalue weighted by Gasteiger charge is 2.34. The molecule has 28 nitrogen and oxygen atoms in total. The molecule has 0 heterocycles. The molecule has 6 atom stereocenters.